The van der Waals surface area contributed by atoms with Crippen LogP contribution in [-0.4, -0.2) is 75.2 Å². The van der Waals surface area contributed by atoms with Gasteiger partial charge < -0.3 is 28.3 Å². The normalized spacial score (nSPS) is 21.0. The molecule has 234 valence electrons. The van der Waals surface area contributed by atoms with Crippen LogP contribution in [0, 0.1) is 0 Å². The van der Waals surface area contributed by atoms with Gasteiger partial charge in [-0.25, -0.2) is 29.3 Å². The van der Waals surface area contributed by atoms with Gasteiger partial charge in [0.2, 0.25) is 0 Å². The Kier molecular flexibility index (Phi) is 9.29. The average molecular weight is 643 g/mol. The first-order valence-corrected chi connectivity index (χ1v) is 14.6. The molecule has 3 heterocycles. The van der Waals surface area contributed by atoms with Gasteiger partial charge in [-0.15, -0.1) is 0 Å². The Morgan fingerprint density at radius 2 is 1.22 bits per heavy atom. The molecule has 12 nitrogen and oxygen atoms in total. The molecule has 0 radical (unpaired) electrons. The second-order valence-corrected chi connectivity index (χ2v) is 10.6. The van der Waals surface area contributed by atoms with Crippen molar-refractivity contribution in [1.29, 1.82) is 0 Å². The highest BCUT2D eigenvalue weighted by Crippen LogP contribution is 2.32. The second-order valence-electron chi connectivity index (χ2n) is 10.2. The Morgan fingerprint density at radius 3 is 1.74 bits per heavy atom. The Hall–Kier alpha value is -5.17. The number of nitrogens with zero attached hydrogens (tertiary/aromatic N) is 4. The second kappa shape index (κ2) is 13.9. The third-order valence-corrected chi connectivity index (χ3v) is 7.59. The van der Waals surface area contributed by atoms with Crippen LogP contribution < -0.4 is 0 Å². The van der Waals surface area contributed by atoms with E-state index in [1.165, 1.54) is 19.8 Å². The molecule has 46 heavy (non-hydrogen) atoms. The zero-order valence-electron chi connectivity index (χ0n) is 24.3. The Balaban J connectivity index is 1.41. The minimum absolute atomic E-state index is 0.00478. The fourth-order valence-electron chi connectivity index (χ4n) is 5.09. The van der Waals surface area contributed by atoms with Gasteiger partial charge in [0, 0.05) is 7.11 Å². The van der Waals surface area contributed by atoms with Crippen LogP contribution in [-0.2, 0) is 30.2 Å². The first kappa shape index (κ1) is 30.8. The van der Waals surface area contributed by atoms with Crippen molar-refractivity contribution < 1.29 is 38.1 Å². The van der Waals surface area contributed by atoms with Crippen molar-refractivity contribution >= 4 is 40.7 Å². The molecule has 0 saturated carbocycles. The summed E-state index contributed by atoms with van der Waals surface area (Å²) in [6.07, 6.45) is -3.54. The molecular formula is C33H27ClN4O8. The van der Waals surface area contributed by atoms with E-state index in [1.54, 1.807) is 95.6 Å². The van der Waals surface area contributed by atoms with Crippen LogP contribution >= 0.6 is 11.6 Å². The predicted molar refractivity (Wildman–Crippen MR) is 163 cm³/mol. The standard InChI is InChI=1S/C33H27ClN4O8/c1-42-33-27(46-32(41)22-15-9-4-10-16-22)26(45-31(40)21-13-7-3-8-14-21)25(44-30(39)20-11-5-2-6-12-20)23(43-33)17-38-19-37-24-28(34)35-18-36-29(24)38/h2-16,18-19,23,25-27,33H,17H2,1H3/t23-,25-,26+,27-,33+/m1/s1. The fourth-order valence-corrected chi connectivity index (χ4v) is 5.27. The number of hydrogen-bond donors (Lipinski definition) is 0. The highest BCUT2D eigenvalue weighted by molar-refractivity contribution is 6.33. The molecule has 2 aromatic heterocycles. The molecule has 13 heteroatoms. The summed E-state index contributed by atoms with van der Waals surface area (Å²) in [7, 11) is 1.36. The molecule has 1 aliphatic heterocycles. The number of carbonyl (C=O) groups is 3. The summed E-state index contributed by atoms with van der Waals surface area (Å²) in [6.45, 7) is -0.00478. The van der Waals surface area contributed by atoms with Gasteiger partial charge in [0.05, 0.1) is 29.6 Å². The van der Waals surface area contributed by atoms with Crippen LogP contribution in [0.2, 0.25) is 5.15 Å². The average Bonchev–Trinajstić information content (AvgIpc) is 3.51. The van der Waals surface area contributed by atoms with E-state index in [0.717, 1.165) is 0 Å². The van der Waals surface area contributed by atoms with Gasteiger partial charge in [0.1, 0.15) is 17.9 Å². The lowest BCUT2D eigenvalue weighted by atomic mass is 9.97. The maximum atomic E-state index is 13.5. The van der Waals surface area contributed by atoms with Crippen molar-refractivity contribution in [3.63, 3.8) is 0 Å². The van der Waals surface area contributed by atoms with Gasteiger partial charge in [-0.2, -0.15) is 0 Å². The van der Waals surface area contributed by atoms with Crippen LogP contribution in [0.15, 0.2) is 104 Å². The van der Waals surface area contributed by atoms with Crippen molar-refractivity contribution in [2.75, 3.05) is 7.11 Å². The number of methoxy groups -OCH3 is 1. The predicted octanol–water partition coefficient (Wildman–Crippen LogP) is 4.53. The number of halogens is 1. The summed E-state index contributed by atoms with van der Waals surface area (Å²) in [5, 5.41) is 0.151. The van der Waals surface area contributed by atoms with Gasteiger partial charge >= 0.3 is 17.9 Å². The SMILES string of the molecule is CO[C@H]1O[C@H](Cn2cnc3c(Cl)ncnc32)[C@@H](OC(=O)c2ccccc2)[C@H](OC(=O)c2ccccc2)[C@H]1OC(=O)c1ccccc1. The first-order valence-electron chi connectivity index (χ1n) is 14.2. The fraction of sp³-hybridized carbons (Fsp3) is 0.212. The molecule has 0 aliphatic carbocycles. The minimum Gasteiger partial charge on any atom is -0.452 e. The molecule has 0 amide bonds. The lowest BCUT2D eigenvalue weighted by Crippen LogP contribution is -2.62. The molecule has 1 fully saturated rings. The van der Waals surface area contributed by atoms with Crippen LogP contribution in [0.4, 0.5) is 0 Å². The maximum absolute atomic E-state index is 13.5. The zero-order valence-corrected chi connectivity index (χ0v) is 25.1. The third-order valence-electron chi connectivity index (χ3n) is 7.31. The number of benzene rings is 3. The van der Waals surface area contributed by atoms with E-state index in [-0.39, 0.29) is 28.4 Å². The van der Waals surface area contributed by atoms with Gasteiger partial charge in [-0.05, 0) is 36.4 Å². The van der Waals surface area contributed by atoms with Crippen LogP contribution in [0.25, 0.3) is 11.2 Å². The van der Waals surface area contributed by atoms with Gasteiger partial charge in [0.25, 0.3) is 0 Å². The van der Waals surface area contributed by atoms with Crippen molar-refractivity contribution in [3.05, 3.63) is 125 Å². The Labute approximate surface area is 267 Å². The van der Waals surface area contributed by atoms with Crippen molar-refractivity contribution in [3.8, 4) is 0 Å². The molecule has 1 aliphatic rings. The van der Waals surface area contributed by atoms with E-state index in [9.17, 15) is 14.4 Å². The number of esters is 3. The molecular weight excluding hydrogens is 616 g/mol. The monoisotopic (exact) mass is 642 g/mol. The quantitative estimate of drug-likeness (QED) is 0.127. The molecule has 3 aromatic carbocycles. The number of fused-ring (bicyclic) bond motifs is 1. The van der Waals surface area contributed by atoms with Crippen LogP contribution in [0.3, 0.4) is 0 Å². The smallest absolute Gasteiger partial charge is 0.338 e. The molecule has 0 unspecified atom stereocenters. The van der Waals surface area contributed by atoms with E-state index in [0.29, 0.717) is 11.2 Å². The minimum atomic E-state index is -1.38. The Morgan fingerprint density at radius 1 is 0.717 bits per heavy atom. The lowest BCUT2D eigenvalue weighted by Gasteiger charge is -2.44. The maximum Gasteiger partial charge on any atom is 0.338 e. The van der Waals surface area contributed by atoms with Gasteiger partial charge in [-0.3, -0.25) is 0 Å². The highest BCUT2D eigenvalue weighted by atomic mass is 35.5. The highest BCUT2D eigenvalue weighted by Gasteiger charge is 2.53. The van der Waals surface area contributed by atoms with Crippen molar-refractivity contribution in [2.45, 2.75) is 37.3 Å². The molecule has 6 rings (SSSR count). The van der Waals surface area contributed by atoms with Crippen molar-refractivity contribution in [2.24, 2.45) is 0 Å². The van der Waals surface area contributed by atoms with E-state index >= 15 is 0 Å². The van der Waals surface area contributed by atoms with Crippen molar-refractivity contribution in [1.82, 2.24) is 19.5 Å². The zero-order chi connectivity index (χ0) is 32.0. The molecule has 1 saturated heterocycles. The molecule has 0 spiro atoms. The molecule has 0 bridgehead atoms. The molecule has 5 atom stereocenters. The summed E-state index contributed by atoms with van der Waals surface area (Å²) < 4.78 is 31.6. The van der Waals surface area contributed by atoms with E-state index in [2.05, 4.69) is 15.0 Å². The summed E-state index contributed by atoms with van der Waals surface area (Å²) in [6, 6.07) is 24.8. The summed E-state index contributed by atoms with van der Waals surface area (Å²) in [5.74, 6) is -2.18. The molecule has 0 N–H and O–H groups in total. The molecule has 5 aromatic rings. The number of imidazole rings is 1. The van der Waals surface area contributed by atoms with E-state index in [1.807, 2.05) is 0 Å². The number of rotatable bonds is 9. The number of hydrogen-bond acceptors (Lipinski definition) is 11. The number of carbonyl (C=O) groups excluding carboxylic acids is 3. The van der Waals surface area contributed by atoms with E-state index in [4.69, 9.17) is 35.3 Å². The largest absolute Gasteiger partial charge is 0.452 e. The van der Waals surface area contributed by atoms with Gasteiger partial charge in [0.15, 0.2) is 35.4 Å². The topological polar surface area (TPSA) is 141 Å². The lowest BCUT2D eigenvalue weighted by molar-refractivity contribution is -0.289. The van der Waals surface area contributed by atoms with Gasteiger partial charge in [-0.1, -0.05) is 66.2 Å². The third kappa shape index (κ3) is 6.59. The number of aromatic nitrogens is 4. The van der Waals surface area contributed by atoms with Crippen LogP contribution in [0.5, 0.6) is 0 Å². The summed E-state index contributed by atoms with van der Waals surface area (Å²) in [4.78, 5) is 52.9. The Bertz CT molecular complexity index is 1820. The summed E-state index contributed by atoms with van der Waals surface area (Å²) >= 11 is 6.23. The van der Waals surface area contributed by atoms with E-state index < -0.39 is 48.6 Å². The number of ether oxygens (including phenoxy) is 5. The van der Waals surface area contributed by atoms with Crippen LogP contribution in [0.1, 0.15) is 31.1 Å². The summed E-state index contributed by atoms with van der Waals surface area (Å²) in [5.41, 5.74) is 1.46. The first-order chi connectivity index (χ1) is 22.4.